The van der Waals surface area contributed by atoms with Crippen molar-refractivity contribution in [3.8, 4) is 0 Å². The highest BCUT2D eigenvalue weighted by Gasteiger charge is 2.21. The van der Waals surface area contributed by atoms with Gasteiger partial charge in [0.2, 0.25) is 0 Å². The van der Waals surface area contributed by atoms with Crippen LogP contribution < -0.4 is 10.2 Å². The summed E-state index contributed by atoms with van der Waals surface area (Å²) >= 11 is 0. The molecule has 0 bridgehead atoms. The summed E-state index contributed by atoms with van der Waals surface area (Å²) < 4.78 is 5.50. The SMILES string of the molecule is CCNc1cc(N2CCCC(OC)C2)nc(C(C)C)n1. The van der Waals surface area contributed by atoms with Crippen LogP contribution in [-0.4, -0.2) is 42.8 Å². The van der Waals surface area contributed by atoms with E-state index in [2.05, 4.69) is 36.0 Å². The summed E-state index contributed by atoms with van der Waals surface area (Å²) in [5, 5.41) is 3.30. The Balaban J connectivity index is 2.24. The molecule has 5 nitrogen and oxygen atoms in total. The summed E-state index contributed by atoms with van der Waals surface area (Å²) in [7, 11) is 1.79. The Morgan fingerprint density at radius 3 is 2.90 bits per heavy atom. The molecule has 112 valence electrons. The maximum Gasteiger partial charge on any atom is 0.135 e. The summed E-state index contributed by atoms with van der Waals surface area (Å²) in [6.45, 7) is 9.16. The zero-order chi connectivity index (χ0) is 14.5. The lowest BCUT2D eigenvalue weighted by Gasteiger charge is -2.33. The minimum Gasteiger partial charge on any atom is -0.380 e. The van der Waals surface area contributed by atoms with Crippen LogP contribution in [0.25, 0.3) is 0 Å². The molecule has 0 aromatic carbocycles. The summed E-state index contributed by atoms with van der Waals surface area (Å²) in [6.07, 6.45) is 2.59. The van der Waals surface area contributed by atoms with Crippen LogP contribution in [0.1, 0.15) is 45.4 Å². The van der Waals surface area contributed by atoms with Crippen LogP contribution in [0, 0.1) is 0 Å². The van der Waals surface area contributed by atoms with E-state index in [4.69, 9.17) is 9.72 Å². The van der Waals surface area contributed by atoms with Crippen molar-refractivity contribution in [1.29, 1.82) is 0 Å². The van der Waals surface area contributed by atoms with Crippen molar-refractivity contribution in [3.05, 3.63) is 11.9 Å². The highest BCUT2D eigenvalue weighted by atomic mass is 16.5. The van der Waals surface area contributed by atoms with Crippen LogP contribution in [0.2, 0.25) is 0 Å². The number of hydrogen-bond donors (Lipinski definition) is 1. The second kappa shape index (κ2) is 6.88. The fraction of sp³-hybridized carbons (Fsp3) is 0.733. The van der Waals surface area contributed by atoms with Crippen molar-refractivity contribution >= 4 is 11.6 Å². The lowest BCUT2D eigenvalue weighted by Crippen LogP contribution is -2.39. The molecule has 20 heavy (non-hydrogen) atoms. The first kappa shape index (κ1) is 15.0. The number of nitrogens with zero attached hydrogens (tertiary/aromatic N) is 3. The first-order valence-corrected chi connectivity index (χ1v) is 7.54. The third kappa shape index (κ3) is 3.60. The van der Waals surface area contributed by atoms with E-state index in [0.29, 0.717) is 12.0 Å². The number of hydrogen-bond acceptors (Lipinski definition) is 5. The van der Waals surface area contributed by atoms with Gasteiger partial charge in [-0.2, -0.15) is 0 Å². The lowest BCUT2D eigenvalue weighted by atomic mass is 10.1. The molecule has 1 aromatic rings. The minimum absolute atomic E-state index is 0.309. The molecule has 1 atom stereocenters. The number of piperidine rings is 1. The summed E-state index contributed by atoms with van der Waals surface area (Å²) in [5.41, 5.74) is 0. The second-order valence-electron chi connectivity index (χ2n) is 5.60. The van der Waals surface area contributed by atoms with Gasteiger partial charge in [0.15, 0.2) is 0 Å². The normalized spacial score (nSPS) is 19.4. The van der Waals surface area contributed by atoms with Crippen molar-refractivity contribution in [2.24, 2.45) is 0 Å². The average molecular weight is 278 g/mol. The van der Waals surface area contributed by atoms with Gasteiger partial charge in [-0.1, -0.05) is 13.8 Å². The van der Waals surface area contributed by atoms with E-state index in [1.165, 1.54) is 0 Å². The molecule has 0 radical (unpaired) electrons. The van der Waals surface area contributed by atoms with Gasteiger partial charge in [-0.3, -0.25) is 0 Å². The van der Waals surface area contributed by atoms with E-state index in [1.807, 2.05) is 6.07 Å². The largest absolute Gasteiger partial charge is 0.380 e. The predicted octanol–water partition coefficient (Wildman–Crippen LogP) is 2.65. The summed E-state index contributed by atoms with van der Waals surface area (Å²) in [6, 6.07) is 2.05. The molecule has 0 amide bonds. The molecule has 1 N–H and O–H groups in total. The first-order valence-electron chi connectivity index (χ1n) is 7.54. The van der Waals surface area contributed by atoms with Gasteiger partial charge in [-0.05, 0) is 19.8 Å². The smallest absolute Gasteiger partial charge is 0.135 e. The molecule has 1 saturated heterocycles. The standard InChI is InChI=1S/C15H26N4O/c1-5-16-13-9-14(18-15(17-13)11(2)3)19-8-6-7-12(10-19)20-4/h9,11-12H,5-8,10H2,1-4H3,(H,16,17,18). The van der Waals surface area contributed by atoms with E-state index in [9.17, 15) is 0 Å². The van der Waals surface area contributed by atoms with Crippen molar-refractivity contribution < 1.29 is 4.74 Å². The molecule has 0 spiro atoms. The van der Waals surface area contributed by atoms with Crippen molar-refractivity contribution in [1.82, 2.24) is 9.97 Å². The Kier molecular flexibility index (Phi) is 5.17. The van der Waals surface area contributed by atoms with Gasteiger partial charge < -0.3 is 15.0 Å². The number of methoxy groups -OCH3 is 1. The predicted molar refractivity (Wildman–Crippen MR) is 82.5 cm³/mol. The molecular formula is C15H26N4O. The van der Waals surface area contributed by atoms with E-state index in [1.54, 1.807) is 7.11 Å². The Bertz CT molecular complexity index is 436. The van der Waals surface area contributed by atoms with Crippen LogP contribution >= 0.6 is 0 Å². The quantitative estimate of drug-likeness (QED) is 0.897. The molecule has 1 unspecified atom stereocenters. The Morgan fingerprint density at radius 2 is 2.25 bits per heavy atom. The van der Waals surface area contributed by atoms with Gasteiger partial charge in [-0.15, -0.1) is 0 Å². The lowest BCUT2D eigenvalue weighted by molar-refractivity contribution is 0.0891. The van der Waals surface area contributed by atoms with Gasteiger partial charge in [-0.25, -0.2) is 9.97 Å². The maximum atomic E-state index is 5.50. The number of aromatic nitrogens is 2. The van der Waals surface area contributed by atoms with Gasteiger partial charge in [0, 0.05) is 38.7 Å². The monoisotopic (exact) mass is 278 g/mol. The zero-order valence-corrected chi connectivity index (χ0v) is 13.0. The maximum absolute atomic E-state index is 5.50. The Labute approximate surface area is 121 Å². The van der Waals surface area contributed by atoms with Crippen LogP contribution in [0.5, 0.6) is 0 Å². The van der Waals surface area contributed by atoms with Crippen LogP contribution in [-0.2, 0) is 4.74 Å². The molecule has 2 rings (SSSR count). The number of ether oxygens (including phenoxy) is 1. The topological polar surface area (TPSA) is 50.3 Å². The van der Waals surface area contributed by atoms with E-state index < -0.39 is 0 Å². The molecule has 1 aliphatic heterocycles. The third-order valence-electron chi connectivity index (χ3n) is 3.64. The van der Waals surface area contributed by atoms with Gasteiger partial charge in [0.05, 0.1) is 6.10 Å². The fourth-order valence-corrected chi connectivity index (χ4v) is 2.48. The van der Waals surface area contributed by atoms with Crippen molar-refractivity contribution in [2.75, 3.05) is 37.0 Å². The third-order valence-corrected chi connectivity index (χ3v) is 3.64. The average Bonchev–Trinajstić information content (AvgIpc) is 2.47. The molecule has 0 saturated carbocycles. The fourth-order valence-electron chi connectivity index (χ4n) is 2.48. The summed E-state index contributed by atoms with van der Waals surface area (Å²) in [5.74, 6) is 3.16. The van der Waals surface area contributed by atoms with Crippen molar-refractivity contribution in [2.45, 2.75) is 45.6 Å². The van der Waals surface area contributed by atoms with Crippen LogP contribution in [0.4, 0.5) is 11.6 Å². The highest BCUT2D eigenvalue weighted by Crippen LogP contribution is 2.23. The molecule has 2 heterocycles. The minimum atomic E-state index is 0.309. The van der Waals surface area contributed by atoms with Crippen LogP contribution in [0.15, 0.2) is 6.07 Å². The molecule has 1 aromatic heterocycles. The molecular weight excluding hydrogens is 252 g/mol. The van der Waals surface area contributed by atoms with Gasteiger partial charge in [0.1, 0.15) is 17.5 Å². The Morgan fingerprint density at radius 1 is 1.45 bits per heavy atom. The first-order chi connectivity index (χ1) is 9.63. The molecule has 1 fully saturated rings. The summed E-state index contributed by atoms with van der Waals surface area (Å²) in [4.78, 5) is 11.6. The zero-order valence-electron chi connectivity index (χ0n) is 13.0. The van der Waals surface area contributed by atoms with Crippen molar-refractivity contribution in [3.63, 3.8) is 0 Å². The number of anilines is 2. The molecule has 0 aliphatic carbocycles. The van der Waals surface area contributed by atoms with Gasteiger partial charge in [0.25, 0.3) is 0 Å². The highest BCUT2D eigenvalue weighted by molar-refractivity contribution is 5.50. The van der Waals surface area contributed by atoms with Crippen LogP contribution in [0.3, 0.4) is 0 Å². The molecule has 1 aliphatic rings. The number of rotatable bonds is 5. The second-order valence-corrected chi connectivity index (χ2v) is 5.60. The van der Waals surface area contributed by atoms with Gasteiger partial charge >= 0.3 is 0 Å². The Hall–Kier alpha value is -1.36. The molecule has 5 heteroatoms. The van der Waals surface area contributed by atoms with E-state index >= 15 is 0 Å². The van der Waals surface area contributed by atoms with E-state index in [0.717, 1.165) is 49.9 Å². The van der Waals surface area contributed by atoms with E-state index in [-0.39, 0.29) is 0 Å². The number of nitrogens with one attached hydrogen (secondary N) is 1.